The van der Waals surface area contributed by atoms with Crippen LogP contribution in [0.25, 0.3) is 0 Å². The zero-order valence-electron chi connectivity index (χ0n) is 22.8. The molecule has 0 spiro atoms. The minimum atomic E-state index is -4.29. The number of hydrogen-bond acceptors (Lipinski definition) is 5. The number of ether oxygens (including phenoxy) is 1. The summed E-state index contributed by atoms with van der Waals surface area (Å²) in [6.07, 6.45) is 0. The Balaban J connectivity index is 2.08. The van der Waals surface area contributed by atoms with Crippen LogP contribution in [0.1, 0.15) is 33.3 Å². The number of halogens is 2. The van der Waals surface area contributed by atoms with Crippen molar-refractivity contribution in [3.8, 4) is 5.75 Å². The number of sulfonamides is 1. The highest BCUT2D eigenvalue weighted by atomic mass is 35.5. The van der Waals surface area contributed by atoms with E-state index in [1.807, 2.05) is 0 Å². The summed E-state index contributed by atoms with van der Waals surface area (Å²) in [5, 5.41) is 3.14. The van der Waals surface area contributed by atoms with E-state index in [0.29, 0.717) is 10.6 Å². The van der Waals surface area contributed by atoms with Crippen LogP contribution in [0.4, 0.5) is 10.1 Å². The summed E-state index contributed by atoms with van der Waals surface area (Å²) in [7, 11) is -4.29. The van der Waals surface area contributed by atoms with Gasteiger partial charge in [-0.05, 0) is 81.8 Å². The first-order valence-electron chi connectivity index (χ1n) is 12.8. The highest BCUT2D eigenvalue weighted by molar-refractivity contribution is 7.92. The number of rotatable bonds is 12. The molecule has 1 atom stereocenters. The summed E-state index contributed by atoms with van der Waals surface area (Å²) >= 11 is 5.99. The molecule has 0 aliphatic rings. The van der Waals surface area contributed by atoms with Crippen LogP contribution in [0, 0.1) is 5.82 Å². The van der Waals surface area contributed by atoms with E-state index in [1.165, 1.54) is 53.4 Å². The number of nitrogens with one attached hydrogen (secondary N) is 1. The molecule has 0 saturated carbocycles. The lowest BCUT2D eigenvalue weighted by molar-refractivity contribution is -0.139. The molecule has 1 N–H and O–H groups in total. The first-order valence-corrected chi connectivity index (χ1v) is 14.6. The molecule has 0 radical (unpaired) electrons. The number of para-hydroxylation sites is 2. The molecule has 2 amide bonds. The summed E-state index contributed by atoms with van der Waals surface area (Å²) in [6.45, 7) is 6.50. The quantitative estimate of drug-likeness (QED) is 0.320. The van der Waals surface area contributed by atoms with Crippen molar-refractivity contribution in [3.05, 3.63) is 89.2 Å². The lowest BCUT2D eigenvalue weighted by atomic mass is 10.1. The molecule has 0 aliphatic heterocycles. The van der Waals surface area contributed by atoms with Crippen LogP contribution in [0.2, 0.25) is 5.02 Å². The van der Waals surface area contributed by atoms with Crippen LogP contribution in [0.15, 0.2) is 77.7 Å². The Kier molecular flexibility index (Phi) is 10.5. The Morgan fingerprint density at radius 1 is 0.975 bits per heavy atom. The molecule has 0 heterocycles. The van der Waals surface area contributed by atoms with E-state index in [4.69, 9.17) is 16.3 Å². The van der Waals surface area contributed by atoms with Gasteiger partial charge in [-0.1, -0.05) is 35.9 Å². The van der Waals surface area contributed by atoms with E-state index in [2.05, 4.69) is 5.32 Å². The molecule has 3 aromatic rings. The van der Waals surface area contributed by atoms with Crippen molar-refractivity contribution in [3.63, 3.8) is 0 Å². The highest BCUT2D eigenvalue weighted by Gasteiger charge is 2.34. The smallest absolute Gasteiger partial charge is 0.264 e. The molecule has 3 rings (SSSR count). The lowest BCUT2D eigenvalue weighted by Gasteiger charge is -2.32. The molecule has 214 valence electrons. The number of carbonyl (C=O) groups is 2. The predicted molar refractivity (Wildman–Crippen MR) is 153 cm³/mol. The van der Waals surface area contributed by atoms with Gasteiger partial charge in [-0.2, -0.15) is 0 Å². The van der Waals surface area contributed by atoms with E-state index in [0.717, 1.165) is 4.31 Å². The van der Waals surface area contributed by atoms with E-state index in [1.54, 1.807) is 52.0 Å². The van der Waals surface area contributed by atoms with Gasteiger partial charge in [0, 0.05) is 17.6 Å². The van der Waals surface area contributed by atoms with Crippen molar-refractivity contribution < 1.29 is 27.1 Å². The fraction of sp³-hybridized carbons (Fsp3) is 0.310. The molecule has 0 fully saturated rings. The maximum absolute atomic E-state index is 13.9. The van der Waals surface area contributed by atoms with Crippen LogP contribution >= 0.6 is 11.6 Å². The first-order chi connectivity index (χ1) is 18.9. The summed E-state index contributed by atoms with van der Waals surface area (Å²) in [5.74, 6) is -1.22. The normalized spacial score (nSPS) is 12.1. The van der Waals surface area contributed by atoms with Gasteiger partial charge in [0.2, 0.25) is 11.8 Å². The third-order valence-electron chi connectivity index (χ3n) is 5.98. The standard InChI is InChI=1S/C29H33ClFN3O5S/c1-5-39-27-9-7-6-8-26(27)34(40(37,38)25-16-12-23(30)13-17-25)19-28(35)33(21(4)29(36)32-20(2)3)18-22-10-14-24(31)15-11-22/h6-17,20-21H,5,18-19H2,1-4H3,(H,32,36)/t21-/m0/s1. The fourth-order valence-electron chi connectivity index (χ4n) is 3.96. The number of hydrogen-bond donors (Lipinski definition) is 1. The number of amides is 2. The number of benzene rings is 3. The average Bonchev–Trinajstić information content (AvgIpc) is 2.91. The van der Waals surface area contributed by atoms with Crippen molar-refractivity contribution in [2.75, 3.05) is 17.5 Å². The van der Waals surface area contributed by atoms with Crippen LogP contribution in [0.3, 0.4) is 0 Å². The van der Waals surface area contributed by atoms with Crippen molar-refractivity contribution in [1.29, 1.82) is 0 Å². The number of nitrogens with zero attached hydrogens (tertiary/aromatic N) is 2. The van der Waals surface area contributed by atoms with Crippen LogP contribution in [-0.4, -0.2) is 50.4 Å². The first kappa shape index (κ1) is 30.9. The summed E-state index contributed by atoms with van der Waals surface area (Å²) in [4.78, 5) is 28.1. The minimum absolute atomic E-state index is 0.0479. The third-order valence-corrected chi connectivity index (χ3v) is 8.00. The lowest BCUT2D eigenvalue weighted by Crippen LogP contribution is -2.52. The van der Waals surface area contributed by atoms with Crippen molar-refractivity contribution in [2.24, 2.45) is 0 Å². The van der Waals surface area contributed by atoms with Crippen LogP contribution < -0.4 is 14.4 Å². The van der Waals surface area contributed by atoms with Crippen molar-refractivity contribution in [1.82, 2.24) is 10.2 Å². The second-order valence-corrected chi connectivity index (χ2v) is 11.7. The van der Waals surface area contributed by atoms with E-state index >= 15 is 0 Å². The Bertz CT molecular complexity index is 1420. The minimum Gasteiger partial charge on any atom is -0.492 e. The Labute approximate surface area is 239 Å². The van der Waals surface area contributed by atoms with Crippen LogP contribution in [-0.2, 0) is 26.2 Å². The molecule has 8 nitrogen and oxygen atoms in total. The predicted octanol–water partition coefficient (Wildman–Crippen LogP) is 5.02. The summed E-state index contributed by atoms with van der Waals surface area (Å²) in [5.41, 5.74) is 0.731. The molecule has 40 heavy (non-hydrogen) atoms. The van der Waals surface area contributed by atoms with Crippen molar-refractivity contribution >= 4 is 39.1 Å². The topological polar surface area (TPSA) is 96.0 Å². The van der Waals surface area contributed by atoms with Gasteiger partial charge in [-0.3, -0.25) is 13.9 Å². The van der Waals surface area contributed by atoms with Gasteiger partial charge >= 0.3 is 0 Å². The Morgan fingerprint density at radius 2 is 1.60 bits per heavy atom. The second kappa shape index (κ2) is 13.6. The highest BCUT2D eigenvalue weighted by Crippen LogP contribution is 2.33. The van der Waals surface area contributed by atoms with Gasteiger partial charge in [0.15, 0.2) is 0 Å². The van der Waals surface area contributed by atoms with Gasteiger partial charge < -0.3 is 15.0 Å². The van der Waals surface area contributed by atoms with Gasteiger partial charge in [0.05, 0.1) is 17.2 Å². The number of anilines is 1. The van der Waals surface area contributed by atoms with E-state index in [-0.39, 0.29) is 35.5 Å². The zero-order valence-corrected chi connectivity index (χ0v) is 24.4. The molecule has 0 saturated heterocycles. The molecule has 3 aromatic carbocycles. The molecular formula is C29H33ClFN3O5S. The molecule has 11 heteroatoms. The molecule has 0 bridgehead atoms. The van der Waals surface area contributed by atoms with Crippen LogP contribution in [0.5, 0.6) is 5.75 Å². The van der Waals surface area contributed by atoms with Gasteiger partial charge in [-0.25, -0.2) is 12.8 Å². The third kappa shape index (κ3) is 7.73. The second-order valence-electron chi connectivity index (χ2n) is 9.35. The van der Waals surface area contributed by atoms with E-state index in [9.17, 15) is 22.4 Å². The average molecular weight is 590 g/mol. The molecule has 0 aromatic heterocycles. The SMILES string of the molecule is CCOc1ccccc1N(CC(=O)N(Cc1ccc(F)cc1)[C@@H](C)C(=O)NC(C)C)S(=O)(=O)c1ccc(Cl)cc1. The molecular weight excluding hydrogens is 557 g/mol. The summed E-state index contributed by atoms with van der Waals surface area (Å²) < 4.78 is 48.1. The Morgan fingerprint density at radius 3 is 2.20 bits per heavy atom. The monoisotopic (exact) mass is 589 g/mol. The van der Waals surface area contributed by atoms with Gasteiger partial charge in [-0.15, -0.1) is 0 Å². The molecule has 0 unspecified atom stereocenters. The Hall–Kier alpha value is -3.63. The summed E-state index contributed by atoms with van der Waals surface area (Å²) in [6, 6.07) is 16.5. The van der Waals surface area contributed by atoms with E-state index < -0.39 is 40.2 Å². The maximum Gasteiger partial charge on any atom is 0.264 e. The molecule has 0 aliphatic carbocycles. The fourth-order valence-corrected chi connectivity index (χ4v) is 5.51. The van der Waals surface area contributed by atoms with Gasteiger partial charge in [0.1, 0.15) is 24.2 Å². The zero-order chi connectivity index (χ0) is 29.4. The van der Waals surface area contributed by atoms with Crippen molar-refractivity contribution in [2.45, 2.75) is 51.2 Å². The maximum atomic E-state index is 13.9. The largest absolute Gasteiger partial charge is 0.492 e. The van der Waals surface area contributed by atoms with Gasteiger partial charge in [0.25, 0.3) is 10.0 Å². The number of carbonyl (C=O) groups excluding carboxylic acids is 2.